The van der Waals surface area contributed by atoms with Gasteiger partial charge in [0.2, 0.25) is 0 Å². The molecule has 0 spiro atoms. The fraction of sp³-hybridized carbons (Fsp3) is 0. The second-order valence-electron chi connectivity index (χ2n) is 0.236. The van der Waals surface area contributed by atoms with E-state index in [1.165, 1.54) is 0 Å². The molecule has 4 heavy (non-hydrogen) atoms. The van der Waals surface area contributed by atoms with Gasteiger partial charge in [0.15, 0.2) is 0 Å². The quantitative estimate of drug-likeness (QED) is 0.332. The minimum Gasteiger partial charge on any atom is -0.0626 e. The van der Waals surface area contributed by atoms with Crippen LogP contribution >= 0.6 is 0 Å². The Morgan fingerprint density at radius 1 is 1.25 bits per heavy atom. The molecule has 0 nitrogen and oxygen atoms in total. The first-order chi connectivity index (χ1) is 1.41. The molecule has 0 rings (SSSR count). The molecule has 0 saturated heterocycles. The first-order valence-corrected chi connectivity index (χ1v) is 2.45. The van der Waals surface area contributed by atoms with Gasteiger partial charge in [0, 0.05) is 34.4 Å². The van der Waals surface area contributed by atoms with Crippen LogP contribution in [0.2, 0.25) is 0 Å². The Labute approximate surface area is 44.0 Å². The van der Waals surface area contributed by atoms with E-state index in [1.54, 1.807) is 0 Å². The Morgan fingerprint density at radius 3 is 1.25 bits per heavy atom. The van der Waals surface area contributed by atoms with Gasteiger partial charge in [-0.3, -0.25) is 0 Å². The number of hydrogen-bond acceptors (Lipinski definition) is 0. The Kier molecular flexibility index (Phi) is 20.0. The summed E-state index contributed by atoms with van der Waals surface area (Å²) in [4.78, 5) is 0. The largest absolute Gasteiger partial charge is 0.0626 e. The molecule has 0 aromatic rings. The summed E-state index contributed by atoms with van der Waals surface area (Å²) >= 11 is 0. The van der Waals surface area contributed by atoms with Crippen LogP contribution in [0.4, 0.5) is 0 Å². The zero-order valence-electron chi connectivity index (χ0n) is 2.57. The van der Waals surface area contributed by atoms with Crippen molar-refractivity contribution in [2.24, 2.45) is 0 Å². The van der Waals surface area contributed by atoms with Gasteiger partial charge in [-0.1, -0.05) is 9.26 Å². The van der Waals surface area contributed by atoms with Crippen molar-refractivity contribution in [3.05, 3.63) is 0 Å². The summed E-state index contributed by atoms with van der Waals surface area (Å²) < 4.78 is 0. The van der Waals surface area contributed by atoms with Crippen LogP contribution in [-0.2, 0) is 19.5 Å². The molecule has 0 aromatic carbocycles. The van der Waals surface area contributed by atoms with Gasteiger partial charge in [-0.25, -0.2) is 0 Å². The van der Waals surface area contributed by atoms with Gasteiger partial charge < -0.3 is 0 Å². The zero-order chi connectivity index (χ0) is 2.71. The molecule has 0 aliphatic rings. The van der Waals surface area contributed by atoms with Gasteiger partial charge >= 0.3 is 0 Å². The van der Waals surface area contributed by atoms with Crippen molar-refractivity contribution in [3.63, 3.8) is 0 Å². The third kappa shape index (κ3) is 12.2. The van der Waals surface area contributed by atoms with Crippen molar-refractivity contribution in [1.29, 1.82) is 0 Å². The fourth-order valence-corrected chi connectivity index (χ4v) is 0. The summed E-state index contributed by atoms with van der Waals surface area (Å²) in [5, 5.41) is 0. The Bertz CT molecular complexity index is 6.00. The average molecular weight is 117 g/mol. The third-order valence-corrected chi connectivity index (χ3v) is 0. The zero-order valence-corrected chi connectivity index (χ0v) is 6.95. The van der Waals surface area contributed by atoms with E-state index in [9.17, 15) is 0 Å². The van der Waals surface area contributed by atoms with Crippen molar-refractivity contribution in [3.8, 4) is 0 Å². The van der Waals surface area contributed by atoms with Crippen LogP contribution in [0.3, 0.4) is 0 Å². The molecular weight excluding hydrogens is 115 g/mol. The maximum Gasteiger partial charge on any atom is 0.0381 e. The van der Waals surface area contributed by atoms with E-state index in [0.29, 0.717) is 0 Å². The molecule has 0 N–H and O–H groups in total. The van der Waals surface area contributed by atoms with E-state index < -0.39 is 9.26 Å². The Morgan fingerprint density at radius 2 is 1.25 bits per heavy atom. The summed E-state index contributed by atoms with van der Waals surface area (Å²) in [5.41, 5.74) is 0. The van der Waals surface area contributed by atoms with E-state index in [-0.39, 0.29) is 19.5 Å². The molecule has 0 amide bonds. The van der Waals surface area contributed by atoms with E-state index in [0.717, 1.165) is 0 Å². The fourth-order valence-electron chi connectivity index (χ4n) is 0. The van der Waals surface area contributed by atoms with Crippen LogP contribution in [0.1, 0.15) is 0 Å². The molecule has 4 heteroatoms. The molecule has 0 aliphatic carbocycles. The molecule has 0 heterocycles. The van der Waals surface area contributed by atoms with Gasteiger partial charge in [-0.15, -0.1) is 0 Å². The average Bonchev–Trinajstić information content (AvgIpc) is 0.918. The Hall–Kier alpha value is 0.970. The normalized spacial score (nSPS) is 4.00. The number of hydrogen-bond donors (Lipinski definition) is 0. The molecular formula is H2B2SiZn. The Balaban J connectivity index is 0. The van der Waals surface area contributed by atoms with Crippen molar-refractivity contribution < 1.29 is 19.5 Å². The predicted octanol–water partition coefficient (Wildman–Crippen LogP) is -1.68. The molecule has 0 bridgehead atoms. The molecule has 14 valence electrons. The summed E-state index contributed by atoms with van der Waals surface area (Å²) in [6.07, 6.45) is 0. The van der Waals surface area contributed by atoms with Crippen LogP contribution < -0.4 is 0 Å². The third-order valence-electron chi connectivity index (χ3n) is 0. The maximum absolute atomic E-state index is 4.76. The van der Waals surface area contributed by atoms with Crippen LogP contribution in [0.15, 0.2) is 0 Å². The monoisotopic (exact) mass is 116 g/mol. The minimum absolute atomic E-state index is 0. The molecule has 0 unspecified atom stereocenters. The van der Waals surface area contributed by atoms with Crippen LogP contribution in [0.5, 0.6) is 0 Å². The van der Waals surface area contributed by atoms with Crippen molar-refractivity contribution in [1.82, 2.24) is 0 Å². The molecule has 0 atom stereocenters. The molecule has 0 aromatic heterocycles. The van der Waals surface area contributed by atoms with E-state index >= 15 is 0 Å². The van der Waals surface area contributed by atoms with Crippen LogP contribution in [0, 0.1) is 0 Å². The van der Waals surface area contributed by atoms with E-state index in [4.69, 9.17) is 14.9 Å². The number of rotatable bonds is 0. The summed E-state index contributed by atoms with van der Waals surface area (Å²) in [5.74, 6) is 0. The van der Waals surface area contributed by atoms with Crippen LogP contribution in [0.25, 0.3) is 0 Å². The first-order valence-electron chi connectivity index (χ1n) is 0.816. The first kappa shape index (κ1) is 8.88. The van der Waals surface area contributed by atoms with Crippen molar-refractivity contribution in [2.45, 2.75) is 0 Å². The molecule has 4 radical (unpaired) electrons. The smallest absolute Gasteiger partial charge is 0.0381 e. The van der Waals surface area contributed by atoms with Crippen LogP contribution in [-0.4, -0.2) is 24.1 Å². The van der Waals surface area contributed by atoms with E-state index in [1.807, 2.05) is 0 Å². The van der Waals surface area contributed by atoms with Gasteiger partial charge in [-0.2, -0.15) is 0 Å². The van der Waals surface area contributed by atoms with Crippen molar-refractivity contribution in [2.75, 3.05) is 0 Å². The minimum atomic E-state index is -0.583. The second-order valence-corrected chi connectivity index (χ2v) is 0.707. The second kappa shape index (κ2) is 9.02. The molecule has 0 aliphatic heterocycles. The maximum atomic E-state index is 4.76. The topological polar surface area (TPSA) is 0 Å². The summed E-state index contributed by atoms with van der Waals surface area (Å²) in [6.45, 7) is 0. The van der Waals surface area contributed by atoms with E-state index in [2.05, 4.69) is 0 Å². The standard InChI is InChI=1S/B2H2Si.Zn/c1-3-2;/h3H2;. The van der Waals surface area contributed by atoms with Gasteiger partial charge in [0.25, 0.3) is 0 Å². The summed E-state index contributed by atoms with van der Waals surface area (Å²) in [6, 6.07) is 0. The predicted molar refractivity (Wildman–Crippen MR) is 20.1 cm³/mol. The summed E-state index contributed by atoms with van der Waals surface area (Å²) in [7, 11) is 8.94. The van der Waals surface area contributed by atoms with Gasteiger partial charge in [-0.05, 0) is 0 Å². The van der Waals surface area contributed by atoms with Gasteiger partial charge in [0.1, 0.15) is 0 Å². The molecule has 0 fully saturated rings. The van der Waals surface area contributed by atoms with Crippen molar-refractivity contribution >= 4 is 24.1 Å². The SMILES string of the molecule is [B][SiH2][B].[Zn]. The molecule has 0 saturated carbocycles. The van der Waals surface area contributed by atoms with Gasteiger partial charge in [0.05, 0.1) is 0 Å².